The first kappa shape index (κ1) is 11.7. The van der Waals surface area contributed by atoms with E-state index in [0.717, 1.165) is 10.6 Å². The number of aromatic nitrogens is 3. The summed E-state index contributed by atoms with van der Waals surface area (Å²) in [6.45, 7) is 3.67. The molecule has 0 radical (unpaired) electrons. The predicted molar refractivity (Wildman–Crippen MR) is 56.5 cm³/mol. The maximum Gasteiger partial charge on any atom is 0.435 e. The number of rotatable bonds is 1. The fourth-order valence-electron chi connectivity index (χ4n) is 1.68. The van der Waals surface area contributed by atoms with E-state index in [-0.39, 0.29) is 11.6 Å². The van der Waals surface area contributed by atoms with Crippen LogP contribution in [0.15, 0.2) is 12.3 Å². The highest BCUT2D eigenvalue weighted by Gasteiger charge is 2.34. The van der Waals surface area contributed by atoms with Crippen LogP contribution >= 0.6 is 0 Å². The molecule has 0 amide bonds. The topological polar surface area (TPSA) is 56.2 Å². The minimum absolute atomic E-state index is 0.0403. The van der Waals surface area contributed by atoms with Gasteiger partial charge in [-0.2, -0.15) is 18.3 Å². The first-order valence-corrected chi connectivity index (χ1v) is 5.02. The maximum absolute atomic E-state index is 12.5. The van der Waals surface area contributed by atoms with Gasteiger partial charge in [0.2, 0.25) is 0 Å². The van der Waals surface area contributed by atoms with Crippen molar-refractivity contribution in [2.45, 2.75) is 25.9 Å². The van der Waals surface area contributed by atoms with E-state index in [1.54, 1.807) is 0 Å². The third-order valence-electron chi connectivity index (χ3n) is 2.39. The van der Waals surface area contributed by atoms with Crippen molar-refractivity contribution in [2.24, 2.45) is 0 Å². The second-order valence-corrected chi connectivity index (χ2v) is 4.05. The Balaban J connectivity index is 2.73. The maximum atomic E-state index is 12.5. The van der Waals surface area contributed by atoms with E-state index in [1.807, 2.05) is 13.8 Å². The lowest BCUT2D eigenvalue weighted by molar-refractivity contribution is -0.141. The molecule has 17 heavy (non-hydrogen) atoms. The van der Waals surface area contributed by atoms with Gasteiger partial charge in [0, 0.05) is 6.07 Å². The molecule has 0 aliphatic heterocycles. The molecule has 0 aromatic carbocycles. The highest BCUT2D eigenvalue weighted by molar-refractivity contribution is 5.51. The fraction of sp³-hybridized carbons (Fsp3) is 0.400. The summed E-state index contributed by atoms with van der Waals surface area (Å²) in [6.07, 6.45) is -3.12. The zero-order valence-corrected chi connectivity index (χ0v) is 9.28. The molecule has 7 heteroatoms. The number of anilines is 1. The Morgan fingerprint density at radius 3 is 2.53 bits per heavy atom. The lowest BCUT2D eigenvalue weighted by Crippen LogP contribution is -2.09. The van der Waals surface area contributed by atoms with Crippen LogP contribution in [0, 0.1) is 0 Å². The van der Waals surface area contributed by atoms with E-state index in [0.29, 0.717) is 11.4 Å². The lowest BCUT2D eigenvalue weighted by Gasteiger charge is -2.10. The first-order chi connectivity index (χ1) is 7.80. The molecule has 2 aromatic rings. The highest BCUT2D eigenvalue weighted by atomic mass is 19.4. The van der Waals surface area contributed by atoms with Crippen LogP contribution in [-0.2, 0) is 6.18 Å². The van der Waals surface area contributed by atoms with Crippen LogP contribution in [-0.4, -0.2) is 14.6 Å². The SMILES string of the molecule is CC(C)c1c(N)cnc2cc(C(F)(F)F)nn12. The smallest absolute Gasteiger partial charge is 0.396 e. The number of nitrogens with zero attached hydrogens (tertiary/aromatic N) is 3. The molecule has 4 nitrogen and oxygen atoms in total. The molecule has 2 heterocycles. The molecule has 0 fully saturated rings. The third-order valence-corrected chi connectivity index (χ3v) is 2.39. The molecule has 0 saturated heterocycles. The van der Waals surface area contributed by atoms with Crippen LogP contribution < -0.4 is 5.73 Å². The van der Waals surface area contributed by atoms with Crippen LogP contribution in [0.1, 0.15) is 31.2 Å². The van der Waals surface area contributed by atoms with Crippen molar-refractivity contribution in [3.8, 4) is 0 Å². The normalized spacial score (nSPS) is 12.6. The summed E-state index contributed by atoms with van der Waals surface area (Å²) >= 11 is 0. The van der Waals surface area contributed by atoms with Gasteiger partial charge in [-0.05, 0) is 5.92 Å². The summed E-state index contributed by atoms with van der Waals surface area (Å²) in [5.74, 6) is -0.0403. The number of nitrogens with two attached hydrogens (primary N) is 1. The van der Waals surface area contributed by atoms with Crippen molar-refractivity contribution in [2.75, 3.05) is 5.73 Å². The molecule has 0 spiro atoms. The van der Waals surface area contributed by atoms with Crippen molar-refractivity contribution in [1.29, 1.82) is 0 Å². The number of fused-ring (bicyclic) bond motifs is 1. The first-order valence-electron chi connectivity index (χ1n) is 5.02. The summed E-state index contributed by atoms with van der Waals surface area (Å²) in [7, 11) is 0. The van der Waals surface area contributed by atoms with Crippen LogP contribution in [0.25, 0.3) is 5.65 Å². The van der Waals surface area contributed by atoms with Gasteiger partial charge in [-0.1, -0.05) is 13.8 Å². The Labute approximate surface area is 95.3 Å². The average Bonchev–Trinajstić information content (AvgIpc) is 2.59. The molecule has 0 bridgehead atoms. The predicted octanol–water partition coefficient (Wildman–Crippen LogP) is 2.45. The van der Waals surface area contributed by atoms with E-state index >= 15 is 0 Å². The van der Waals surface area contributed by atoms with Gasteiger partial charge in [0.15, 0.2) is 11.3 Å². The Morgan fingerprint density at radius 1 is 1.35 bits per heavy atom. The number of halogens is 3. The third kappa shape index (κ3) is 1.92. The Hall–Kier alpha value is -1.79. The monoisotopic (exact) mass is 244 g/mol. The molecule has 0 saturated carbocycles. The molecular formula is C10H11F3N4. The minimum atomic E-state index is -4.48. The minimum Gasteiger partial charge on any atom is -0.396 e. The lowest BCUT2D eigenvalue weighted by atomic mass is 10.1. The van der Waals surface area contributed by atoms with E-state index in [2.05, 4.69) is 10.1 Å². The van der Waals surface area contributed by atoms with Crippen LogP contribution in [0.2, 0.25) is 0 Å². The van der Waals surface area contributed by atoms with Crippen molar-refractivity contribution in [3.63, 3.8) is 0 Å². The second-order valence-electron chi connectivity index (χ2n) is 4.05. The van der Waals surface area contributed by atoms with Gasteiger partial charge in [0.25, 0.3) is 0 Å². The summed E-state index contributed by atoms with van der Waals surface area (Å²) < 4.78 is 38.7. The molecule has 2 N–H and O–H groups in total. The van der Waals surface area contributed by atoms with E-state index in [4.69, 9.17) is 5.73 Å². The van der Waals surface area contributed by atoms with Gasteiger partial charge in [0.05, 0.1) is 17.6 Å². The molecule has 0 aliphatic carbocycles. The highest BCUT2D eigenvalue weighted by Crippen LogP contribution is 2.30. The summed E-state index contributed by atoms with van der Waals surface area (Å²) in [6, 6.07) is 0.908. The number of hydrogen-bond acceptors (Lipinski definition) is 3. The Kier molecular flexibility index (Phi) is 2.48. The second kappa shape index (κ2) is 3.61. The standard InChI is InChI=1S/C10H11F3N4/c1-5(2)9-6(14)4-15-8-3-7(10(11,12)13)16-17(8)9/h3-5H,14H2,1-2H3. The van der Waals surface area contributed by atoms with Crippen molar-refractivity contribution in [3.05, 3.63) is 23.7 Å². The molecule has 0 atom stereocenters. The van der Waals surface area contributed by atoms with Crippen LogP contribution in [0.5, 0.6) is 0 Å². The molecule has 0 aliphatic rings. The van der Waals surface area contributed by atoms with E-state index in [9.17, 15) is 13.2 Å². The molecule has 2 rings (SSSR count). The Bertz CT molecular complexity index is 556. The fourth-order valence-corrected chi connectivity index (χ4v) is 1.68. The zero-order valence-electron chi connectivity index (χ0n) is 9.28. The molecule has 92 valence electrons. The van der Waals surface area contributed by atoms with Crippen molar-refractivity contribution < 1.29 is 13.2 Å². The number of hydrogen-bond donors (Lipinski definition) is 1. The van der Waals surface area contributed by atoms with Gasteiger partial charge >= 0.3 is 6.18 Å². The number of nitrogen functional groups attached to an aromatic ring is 1. The van der Waals surface area contributed by atoms with Crippen molar-refractivity contribution in [1.82, 2.24) is 14.6 Å². The number of alkyl halides is 3. The van der Waals surface area contributed by atoms with Gasteiger partial charge < -0.3 is 5.73 Å². The quantitative estimate of drug-likeness (QED) is 0.838. The van der Waals surface area contributed by atoms with Gasteiger partial charge in [-0.3, -0.25) is 0 Å². The molecule has 0 unspecified atom stereocenters. The van der Waals surface area contributed by atoms with E-state index < -0.39 is 11.9 Å². The van der Waals surface area contributed by atoms with Crippen molar-refractivity contribution >= 4 is 11.3 Å². The largest absolute Gasteiger partial charge is 0.435 e. The average molecular weight is 244 g/mol. The van der Waals surface area contributed by atoms with Gasteiger partial charge in [0.1, 0.15) is 0 Å². The molecular weight excluding hydrogens is 233 g/mol. The summed E-state index contributed by atoms with van der Waals surface area (Å²) in [4.78, 5) is 3.83. The van der Waals surface area contributed by atoms with Gasteiger partial charge in [-0.25, -0.2) is 9.50 Å². The zero-order chi connectivity index (χ0) is 12.8. The summed E-state index contributed by atoms with van der Waals surface area (Å²) in [5, 5.41) is 3.52. The molecule has 2 aromatic heterocycles. The van der Waals surface area contributed by atoms with Crippen LogP contribution in [0.4, 0.5) is 18.9 Å². The van der Waals surface area contributed by atoms with E-state index in [1.165, 1.54) is 6.20 Å². The Morgan fingerprint density at radius 2 is 2.00 bits per heavy atom. The summed E-state index contributed by atoms with van der Waals surface area (Å²) in [5.41, 5.74) is 5.76. The van der Waals surface area contributed by atoms with Gasteiger partial charge in [-0.15, -0.1) is 0 Å². The van der Waals surface area contributed by atoms with Crippen LogP contribution in [0.3, 0.4) is 0 Å².